The molecule has 3 fully saturated rings. The van der Waals surface area contributed by atoms with Crippen LogP contribution in [-0.4, -0.2) is 55.0 Å². The summed E-state index contributed by atoms with van der Waals surface area (Å²) in [5.74, 6) is 0.653. The van der Waals surface area contributed by atoms with Gasteiger partial charge in [0.25, 0.3) is 0 Å². The molecule has 5 nitrogen and oxygen atoms in total. The predicted octanol–water partition coefficient (Wildman–Crippen LogP) is 4.40. The lowest BCUT2D eigenvalue weighted by molar-refractivity contribution is -0.274. The monoisotopic (exact) mass is 438 g/mol. The summed E-state index contributed by atoms with van der Waals surface area (Å²) >= 11 is 0. The van der Waals surface area contributed by atoms with E-state index in [1.165, 1.54) is 31.7 Å². The lowest BCUT2D eigenvalue weighted by Gasteiger charge is -2.36. The summed E-state index contributed by atoms with van der Waals surface area (Å²) in [7, 11) is 0. The Morgan fingerprint density at radius 3 is 2.48 bits per heavy atom. The van der Waals surface area contributed by atoms with Gasteiger partial charge in [-0.2, -0.15) is 0 Å². The Hall–Kier alpha value is -1.96. The third-order valence-corrected chi connectivity index (χ3v) is 6.68. The first-order valence-corrected chi connectivity index (χ1v) is 11.6. The zero-order valence-corrected chi connectivity index (χ0v) is 18.1. The highest BCUT2D eigenvalue weighted by Crippen LogP contribution is 2.45. The van der Waals surface area contributed by atoms with Gasteiger partial charge in [-0.15, -0.1) is 13.2 Å². The van der Waals surface area contributed by atoms with Crippen LogP contribution in [0, 0.1) is 0 Å². The molecule has 31 heavy (non-hydrogen) atoms. The summed E-state index contributed by atoms with van der Waals surface area (Å²) in [6.45, 7) is 4.89. The van der Waals surface area contributed by atoms with Crippen molar-refractivity contribution >= 4 is 5.96 Å². The summed E-state index contributed by atoms with van der Waals surface area (Å²) in [5.41, 5.74) is 0.595. The van der Waals surface area contributed by atoms with Crippen LogP contribution in [0.3, 0.4) is 0 Å². The van der Waals surface area contributed by atoms with Gasteiger partial charge in [0, 0.05) is 43.7 Å². The number of hydrogen-bond donors (Lipinski definition) is 2. The van der Waals surface area contributed by atoms with E-state index >= 15 is 0 Å². The average Bonchev–Trinajstić information content (AvgIpc) is 3.25. The van der Waals surface area contributed by atoms with Crippen LogP contribution < -0.4 is 15.4 Å². The van der Waals surface area contributed by atoms with Crippen molar-refractivity contribution in [1.29, 1.82) is 0 Å². The molecular weight excluding hydrogens is 405 g/mol. The number of nitrogens with one attached hydrogen (secondary N) is 2. The number of guanidine groups is 1. The van der Waals surface area contributed by atoms with Crippen molar-refractivity contribution in [3.8, 4) is 5.75 Å². The number of aliphatic imine (C=N–C) groups is 1. The van der Waals surface area contributed by atoms with E-state index in [2.05, 4.69) is 25.3 Å². The van der Waals surface area contributed by atoms with Crippen LogP contribution >= 0.6 is 0 Å². The van der Waals surface area contributed by atoms with E-state index < -0.39 is 6.36 Å². The second-order valence-corrected chi connectivity index (χ2v) is 8.89. The van der Waals surface area contributed by atoms with Crippen molar-refractivity contribution in [2.24, 2.45) is 4.99 Å². The zero-order chi connectivity index (χ0) is 21.8. The second kappa shape index (κ2) is 9.67. The number of nitrogens with zero attached hydrogens (tertiary/aromatic N) is 2. The number of piperidine rings is 1. The highest BCUT2D eigenvalue weighted by atomic mass is 19.4. The molecule has 1 aromatic carbocycles. The van der Waals surface area contributed by atoms with Gasteiger partial charge in [-0.1, -0.05) is 31.0 Å². The molecule has 2 saturated carbocycles. The minimum atomic E-state index is -4.68. The number of rotatable bonds is 6. The van der Waals surface area contributed by atoms with Gasteiger partial charge in [0.15, 0.2) is 5.96 Å². The lowest BCUT2D eigenvalue weighted by Crippen LogP contribution is -2.50. The quantitative estimate of drug-likeness (QED) is 0.511. The van der Waals surface area contributed by atoms with E-state index in [1.807, 2.05) is 6.92 Å². The summed E-state index contributed by atoms with van der Waals surface area (Å²) in [6, 6.07) is 7.65. The van der Waals surface area contributed by atoms with E-state index in [1.54, 1.807) is 18.2 Å². The fourth-order valence-electron chi connectivity index (χ4n) is 5.04. The SMILES string of the molecule is CCN=C(NC1CCN(C2CCCC2)CC1)NC1CC1c1ccccc1OC(F)(F)F. The van der Waals surface area contributed by atoms with E-state index in [9.17, 15) is 13.2 Å². The Labute approximate surface area is 182 Å². The third kappa shape index (κ3) is 6.05. The van der Waals surface area contributed by atoms with Crippen LogP contribution in [0.1, 0.15) is 63.4 Å². The van der Waals surface area contributed by atoms with Gasteiger partial charge < -0.3 is 20.3 Å². The van der Waals surface area contributed by atoms with Gasteiger partial charge >= 0.3 is 6.36 Å². The average molecular weight is 439 g/mol. The molecular formula is C23H33F3N4O. The number of ether oxygens (including phenoxy) is 1. The van der Waals surface area contributed by atoms with Crippen molar-refractivity contribution < 1.29 is 17.9 Å². The first-order chi connectivity index (χ1) is 14.9. The van der Waals surface area contributed by atoms with Crippen LogP contribution in [0.4, 0.5) is 13.2 Å². The topological polar surface area (TPSA) is 48.9 Å². The van der Waals surface area contributed by atoms with Gasteiger partial charge in [0.2, 0.25) is 0 Å². The second-order valence-electron chi connectivity index (χ2n) is 8.89. The summed E-state index contributed by atoms with van der Waals surface area (Å²) in [4.78, 5) is 7.22. The molecule has 3 aliphatic rings. The van der Waals surface area contributed by atoms with Crippen molar-refractivity contribution in [2.75, 3.05) is 19.6 Å². The summed E-state index contributed by atoms with van der Waals surface area (Å²) < 4.78 is 42.4. The number of halogens is 3. The Morgan fingerprint density at radius 2 is 1.81 bits per heavy atom. The molecule has 1 saturated heterocycles. The molecule has 0 amide bonds. The number of hydrogen-bond acceptors (Lipinski definition) is 3. The number of benzene rings is 1. The molecule has 2 N–H and O–H groups in total. The molecule has 0 aromatic heterocycles. The Morgan fingerprint density at radius 1 is 1.10 bits per heavy atom. The molecule has 1 heterocycles. The van der Waals surface area contributed by atoms with Crippen LogP contribution in [0.5, 0.6) is 5.75 Å². The van der Waals surface area contributed by atoms with Gasteiger partial charge in [0.1, 0.15) is 5.75 Å². The molecule has 4 rings (SSSR count). The molecule has 1 aliphatic heterocycles. The summed E-state index contributed by atoms with van der Waals surface area (Å²) in [5, 5.41) is 7.00. The zero-order valence-electron chi connectivity index (χ0n) is 18.1. The largest absolute Gasteiger partial charge is 0.573 e. The van der Waals surface area contributed by atoms with E-state index in [0.29, 0.717) is 18.2 Å². The molecule has 2 unspecified atom stereocenters. The van der Waals surface area contributed by atoms with Crippen molar-refractivity contribution in [3.05, 3.63) is 29.8 Å². The van der Waals surface area contributed by atoms with E-state index in [4.69, 9.17) is 0 Å². The van der Waals surface area contributed by atoms with E-state index in [-0.39, 0.29) is 17.7 Å². The maximum absolute atomic E-state index is 12.7. The molecule has 0 bridgehead atoms. The lowest BCUT2D eigenvalue weighted by atomic mass is 10.0. The minimum Gasteiger partial charge on any atom is -0.405 e. The maximum Gasteiger partial charge on any atom is 0.573 e. The maximum atomic E-state index is 12.7. The highest BCUT2D eigenvalue weighted by molar-refractivity contribution is 5.81. The number of alkyl halides is 3. The fraction of sp³-hybridized carbons (Fsp3) is 0.696. The normalized spacial score (nSPS) is 26.1. The highest BCUT2D eigenvalue weighted by Gasteiger charge is 2.42. The van der Waals surface area contributed by atoms with Gasteiger partial charge in [-0.3, -0.25) is 4.99 Å². The number of para-hydroxylation sites is 1. The van der Waals surface area contributed by atoms with E-state index in [0.717, 1.165) is 44.4 Å². The predicted molar refractivity (Wildman–Crippen MR) is 115 cm³/mol. The third-order valence-electron chi connectivity index (χ3n) is 6.68. The van der Waals surface area contributed by atoms with Crippen LogP contribution in [-0.2, 0) is 0 Å². The molecule has 8 heteroatoms. The Kier molecular flexibility index (Phi) is 6.94. The standard InChI is InChI=1S/C23H33F3N4O/c1-2-27-22(28-16-11-13-30(14-12-16)17-7-3-4-8-17)29-20-15-19(20)18-9-5-6-10-21(18)31-23(24,25)26/h5-6,9-10,16-17,19-20H,2-4,7-8,11-15H2,1H3,(H2,27,28,29). The molecule has 2 atom stereocenters. The van der Waals surface area contributed by atoms with Crippen LogP contribution in [0.25, 0.3) is 0 Å². The van der Waals surface area contributed by atoms with Crippen molar-refractivity contribution in [3.63, 3.8) is 0 Å². The molecule has 2 aliphatic carbocycles. The molecule has 172 valence electrons. The van der Waals surface area contributed by atoms with Crippen molar-refractivity contribution in [2.45, 2.75) is 82.3 Å². The molecule has 0 spiro atoms. The van der Waals surface area contributed by atoms with Crippen molar-refractivity contribution in [1.82, 2.24) is 15.5 Å². The fourth-order valence-corrected chi connectivity index (χ4v) is 5.04. The van der Waals surface area contributed by atoms with Gasteiger partial charge in [-0.25, -0.2) is 0 Å². The van der Waals surface area contributed by atoms with Gasteiger partial charge in [0.05, 0.1) is 0 Å². The Balaban J connectivity index is 1.30. The summed E-state index contributed by atoms with van der Waals surface area (Å²) in [6.07, 6.45) is 3.67. The molecule has 0 radical (unpaired) electrons. The van der Waals surface area contributed by atoms with Crippen LogP contribution in [0.2, 0.25) is 0 Å². The smallest absolute Gasteiger partial charge is 0.405 e. The minimum absolute atomic E-state index is 0.00776. The Bertz CT molecular complexity index is 755. The van der Waals surface area contributed by atoms with Crippen LogP contribution in [0.15, 0.2) is 29.3 Å². The number of likely N-dealkylation sites (tertiary alicyclic amines) is 1. The molecule has 1 aromatic rings. The van der Waals surface area contributed by atoms with Gasteiger partial charge in [-0.05, 0) is 50.7 Å². The first kappa shape index (κ1) is 22.2. The first-order valence-electron chi connectivity index (χ1n) is 11.6.